The van der Waals surface area contributed by atoms with Gasteiger partial charge in [0.2, 0.25) is 0 Å². The van der Waals surface area contributed by atoms with Crippen LogP contribution in [0.5, 0.6) is 0 Å². The Bertz CT molecular complexity index is 649. The zero-order valence-corrected chi connectivity index (χ0v) is 11.3. The highest BCUT2D eigenvalue weighted by Gasteiger charge is 2.65. The van der Waals surface area contributed by atoms with Gasteiger partial charge in [0.1, 0.15) is 0 Å². The highest BCUT2D eigenvalue weighted by Crippen LogP contribution is 2.45. The summed E-state index contributed by atoms with van der Waals surface area (Å²) in [7, 11) is 0. The lowest BCUT2D eigenvalue weighted by Crippen LogP contribution is -2.57. The normalized spacial score (nSPS) is 31.4. The quantitative estimate of drug-likeness (QED) is 0.641. The molecule has 0 aromatic heterocycles. The van der Waals surface area contributed by atoms with Gasteiger partial charge in [-0.15, -0.1) is 0 Å². The minimum Gasteiger partial charge on any atom is -0.417 e. The van der Waals surface area contributed by atoms with Crippen molar-refractivity contribution in [3.05, 3.63) is 23.3 Å². The van der Waals surface area contributed by atoms with Crippen molar-refractivity contribution in [2.24, 2.45) is 16.8 Å². The van der Waals surface area contributed by atoms with Crippen molar-refractivity contribution in [3.8, 4) is 11.8 Å². The van der Waals surface area contributed by atoms with Gasteiger partial charge in [-0.05, 0) is 30.9 Å². The molecule has 3 rings (SSSR count). The number of halogens is 4. The molecule has 0 N–H and O–H groups in total. The maximum Gasteiger partial charge on any atom is 0.441 e. The number of hydrogen-bond acceptors (Lipinski definition) is 2. The number of amides is 1. The van der Waals surface area contributed by atoms with Gasteiger partial charge in [-0.3, -0.25) is 0 Å². The lowest BCUT2D eigenvalue weighted by molar-refractivity contribution is -0.241. The first-order chi connectivity index (χ1) is 9.82. The van der Waals surface area contributed by atoms with E-state index in [9.17, 15) is 18.0 Å². The molecule has 1 aliphatic heterocycles. The van der Waals surface area contributed by atoms with Crippen molar-refractivity contribution in [1.29, 1.82) is 0 Å². The van der Waals surface area contributed by atoms with E-state index >= 15 is 0 Å². The molecular formula is C14H9ClF3NO2. The smallest absolute Gasteiger partial charge is 0.417 e. The van der Waals surface area contributed by atoms with Crippen LogP contribution in [0.1, 0.15) is 12.8 Å². The maximum atomic E-state index is 13.6. The average Bonchev–Trinajstić information content (AvgIpc) is 3.19. The number of ether oxygens (including phenoxy) is 1. The second-order valence-electron chi connectivity index (χ2n) is 5.04. The van der Waals surface area contributed by atoms with Gasteiger partial charge in [0.15, 0.2) is 0 Å². The molecule has 110 valence electrons. The first-order valence-corrected chi connectivity index (χ1v) is 6.66. The molecule has 0 radical (unpaired) electrons. The number of rotatable bonds is 0. The van der Waals surface area contributed by atoms with Crippen molar-refractivity contribution >= 4 is 23.4 Å². The Morgan fingerprint density at radius 2 is 2.10 bits per heavy atom. The summed E-state index contributed by atoms with van der Waals surface area (Å²) < 4.78 is 45.4. The van der Waals surface area contributed by atoms with Gasteiger partial charge in [0.05, 0.1) is 11.6 Å². The molecule has 0 bridgehead atoms. The molecular weight excluding hydrogens is 307 g/mol. The Hall–Kier alpha value is -1.74. The largest absolute Gasteiger partial charge is 0.441 e. The highest BCUT2D eigenvalue weighted by atomic mass is 35.5. The van der Waals surface area contributed by atoms with Crippen LogP contribution in [0.25, 0.3) is 0 Å². The Labute approximate surface area is 123 Å². The molecule has 1 heterocycles. The van der Waals surface area contributed by atoms with Crippen LogP contribution < -0.4 is 0 Å². The summed E-state index contributed by atoms with van der Waals surface area (Å²) in [6.07, 6.45) is -0.789. The maximum absolute atomic E-state index is 13.6. The first-order valence-electron chi connectivity index (χ1n) is 6.28. The van der Waals surface area contributed by atoms with E-state index < -0.39 is 23.8 Å². The Balaban J connectivity index is 2.14. The number of nitrogens with zero attached hydrogens (tertiary/aromatic N) is 1. The zero-order chi connectivity index (χ0) is 15.3. The van der Waals surface area contributed by atoms with Crippen molar-refractivity contribution in [2.45, 2.75) is 24.6 Å². The molecule has 1 saturated carbocycles. The fourth-order valence-electron chi connectivity index (χ4n) is 2.18. The van der Waals surface area contributed by atoms with Gasteiger partial charge < -0.3 is 4.74 Å². The van der Waals surface area contributed by atoms with Crippen molar-refractivity contribution in [3.63, 3.8) is 0 Å². The van der Waals surface area contributed by atoms with Gasteiger partial charge in [0.25, 0.3) is 5.60 Å². The van der Waals surface area contributed by atoms with Crippen molar-refractivity contribution in [2.75, 3.05) is 0 Å². The standard InChI is InChI=1S/C14H9ClF3NO2/c15-9-3-4-11-10(7-9)13(14(16,17)18,21-12(20)19-11)6-5-8-1-2-8/h3-4,7-8,10H,1-2H2. The number of fused-ring (bicyclic) bond motifs is 1. The SMILES string of the molecule is O=C1N=C2C=CC(Cl)=CC2C(C#CC2CC2)(C(F)(F)F)O1. The van der Waals surface area contributed by atoms with Crippen LogP contribution in [-0.2, 0) is 4.74 Å². The molecule has 3 nitrogen and oxygen atoms in total. The zero-order valence-electron chi connectivity index (χ0n) is 10.6. The molecule has 2 aliphatic carbocycles. The molecule has 2 unspecified atom stereocenters. The van der Waals surface area contributed by atoms with E-state index in [1.54, 1.807) is 0 Å². The average molecular weight is 316 g/mol. The van der Waals surface area contributed by atoms with Crippen LogP contribution in [0, 0.1) is 23.7 Å². The number of aliphatic imine (C=N–C) groups is 1. The van der Waals surface area contributed by atoms with Gasteiger partial charge in [0, 0.05) is 11.0 Å². The summed E-state index contributed by atoms with van der Waals surface area (Å²) in [5.41, 5.74) is -2.97. The predicted octanol–water partition coefficient (Wildman–Crippen LogP) is 3.60. The summed E-state index contributed by atoms with van der Waals surface area (Å²) >= 11 is 5.79. The number of alkyl halides is 3. The van der Waals surface area contributed by atoms with Gasteiger partial charge in [-0.2, -0.15) is 18.2 Å². The van der Waals surface area contributed by atoms with Crippen LogP contribution in [0.2, 0.25) is 0 Å². The molecule has 0 aromatic carbocycles. The molecule has 1 fully saturated rings. The fourth-order valence-corrected chi connectivity index (χ4v) is 2.36. The Morgan fingerprint density at radius 1 is 1.38 bits per heavy atom. The molecule has 2 atom stereocenters. The minimum atomic E-state index is -4.85. The lowest BCUT2D eigenvalue weighted by Gasteiger charge is -2.38. The summed E-state index contributed by atoms with van der Waals surface area (Å²) in [5.74, 6) is 3.28. The van der Waals surface area contributed by atoms with E-state index in [-0.39, 0.29) is 16.7 Å². The number of cyclic esters (lactones) is 1. The summed E-state index contributed by atoms with van der Waals surface area (Å²) in [5, 5.41) is 0.124. The second kappa shape index (κ2) is 4.63. The molecule has 0 spiro atoms. The lowest BCUT2D eigenvalue weighted by atomic mass is 9.80. The summed E-state index contributed by atoms with van der Waals surface area (Å²) in [6.45, 7) is 0. The summed E-state index contributed by atoms with van der Waals surface area (Å²) in [4.78, 5) is 14.9. The third-order valence-corrected chi connectivity index (χ3v) is 3.68. The number of hydrogen-bond donors (Lipinski definition) is 0. The number of carbonyl (C=O) groups excluding carboxylic acids is 1. The van der Waals surface area contributed by atoms with Gasteiger partial charge in [-0.25, -0.2) is 4.79 Å². The molecule has 0 aromatic rings. The molecule has 7 heteroatoms. The highest BCUT2D eigenvalue weighted by molar-refractivity contribution is 6.32. The van der Waals surface area contributed by atoms with E-state index in [4.69, 9.17) is 11.6 Å². The number of allylic oxidation sites excluding steroid dienone is 3. The van der Waals surface area contributed by atoms with Crippen LogP contribution in [0.4, 0.5) is 18.0 Å². The number of carbonyl (C=O) groups is 1. The molecule has 3 aliphatic rings. The van der Waals surface area contributed by atoms with Crippen molar-refractivity contribution < 1.29 is 22.7 Å². The first kappa shape index (κ1) is 14.2. The molecule has 0 saturated heterocycles. The van der Waals surface area contributed by atoms with E-state index in [0.29, 0.717) is 0 Å². The predicted molar refractivity (Wildman–Crippen MR) is 69.8 cm³/mol. The monoisotopic (exact) mass is 315 g/mol. The minimum absolute atomic E-state index is 0.0435. The van der Waals surface area contributed by atoms with Gasteiger partial charge in [-0.1, -0.05) is 23.6 Å². The Kier molecular flexibility index (Phi) is 3.14. The van der Waals surface area contributed by atoms with E-state index in [1.807, 2.05) is 0 Å². The van der Waals surface area contributed by atoms with E-state index in [1.165, 1.54) is 18.2 Å². The Morgan fingerprint density at radius 3 is 2.71 bits per heavy atom. The topological polar surface area (TPSA) is 38.7 Å². The molecule has 1 amide bonds. The summed E-state index contributed by atoms with van der Waals surface area (Å²) in [6, 6.07) is 0. The molecule has 21 heavy (non-hydrogen) atoms. The second-order valence-corrected chi connectivity index (χ2v) is 5.48. The van der Waals surface area contributed by atoms with Crippen LogP contribution >= 0.6 is 11.6 Å². The van der Waals surface area contributed by atoms with Crippen LogP contribution in [0.3, 0.4) is 0 Å². The van der Waals surface area contributed by atoms with E-state index in [2.05, 4.69) is 21.6 Å². The van der Waals surface area contributed by atoms with Gasteiger partial charge >= 0.3 is 12.3 Å². The van der Waals surface area contributed by atoms with Crippen molar-refractivity contribution in [1.82, 2.24) is 0 Å². The third kappa shape index (κ3) is 2.46. The van der Waals surface area contributed by atoms with Crippen LogP contribution in [0.15, 0.2) is 28.3 Å². The van der Waals surface area contributed by atoms with E-state index in [0.717, 1.165) is 12.8 Å². The fraction of sp³-hybridized carbons (Fsp3) is 0.429. The third-order valence-electron chi connectivity index (χ3n) is 3.42. The van der Waals surface area contributed by atoms with Crippen LogP contribution in [-0.4, -0.2) is 23.6 Å².